The molecule has 3 N–H and O–H groups in total. The van der Waals surface area contributed by atoms with Crippen LogP contribution in [0.4, 0.5) is 4.79 Å². The predicted octanol–water partition coefficient (Wildman–Crippen LogP) is 4.96. The maximum absolute atomic E-state index is 12.8. The van der Waals surface area contributed by atoms with Gasteiger partial charge in [-0.05, 0) is 35.9 Å². The van der Waals surface area contributed by atoms with Gasteiger partial charge in [-0.15, -0.1) is 0 Å². The molecule has 0 bridgehead atoms. The molecule has 0 spiro atoms. The van der Waals surface area contributed by atoms with Crippen LogP contribution in [-0.2, 0) is 22.6 Å². The molecule has 0 unspecified atom stereocenters. The predicted molar refractivity (Wildman–Crippen MR) is 136 cm³/mol. The van der Waals surface area contributed by atoms with Crippen molar-refractivity contribution in [1.82, 2.24) is 20.7 Å². The van der Waals surface area contributed by atoms with E-state index in [1.54, 1.807) is 36.5 Å². The zero-order valence-electron chi connectivity index (χ0n) is 18.8. The minimum Gasteiger partial charge on any atom is -0.455 e. The highest BCUT2D eigenvalue weighted by molar-refractivity contribution is 6.35. The topological polar surface area (TPSA) is 122 Å². The molecule has 4 rings (SSSR count). The number of furan rings is 1. The fraction of sp³-hybridized carbons (Fsp3) is 0.120. The van der Waals surface area contributed by atoms with Crippen LogP contribution < -0.4 is 10.7 Å². The van der Waals surface area contributed by atoms with E-state index < -0.39 is 18.0 Å². The number of rotatable bonds is 9. The Labute approximate surface area is 216 Å². The van der Waals surface area contributed by atoms with Crippen LogP contribution in [0.2, 0.25) is 10.0 Å². The number of aromatic amines is 1. The molecule has 9 nitrogen and oxygen atoms in total. The first-order valence-corrected chi connectivity index (χ1v) is 11.6. The monoisotopic (exact) mass is 525 g/mol. The van der Waals surface area contributed by atoms with Crippen molar-refractivity contribution >= 4 is 41.4 Å². The number of imidazole rings is 1. The maximum atomic E-state index is 12.8. The van der Waals surface area contributed by atoms with Crippen LogP contribution >= 0.6 is 23.2 Å². The number of aromatic nitrogens is 2. The molecule has 0 saturated heterocycles. The van der Waals surface area contributed by atoms with E-state index in [1.165, 1.54) is 12.5 Å². The van der Waals surface area contributed by atoms with Crippen molar-refractivity contribution in [3.05, 3.63) is 100 Å². The molecule has 2 aromatic carbocycles. The van der Waals surface area contributed by atoms with Gasteiger partial charge >= 0.3 is 6.09 Å². The Kier molecular flexibility index (Phi) is 8.38. The molecule has 0 aliphatic carbocycles. The third kappa shape index (κ3) is 6.97. The molecular weight excluding hydrogens is 505 g/mol. The van der Waals surface area contributed by atoms with E-state index in [4.69, 9.17) is 32.4 Å². The van der Waals surface area contributed by atoms with Gasteiger partial charge in [0.15, 0.2) is 0 Å². The average Bonchev–Trinajstić information content (AvgIpc) is 3.57. The van der Waals surface area contributed by atoms with Crippen LogP contribution in [0.15, 0.2) is 82.7 Å². The lowest BCUT2D eigenvalue weighted by Gasteiger charge is -2.16. The molecular formula is C25H21Cl2N5O4. The van der Waals surface area contributed by atoms with Crippen molar-refractivity contribution < 1.29 is 18.7 Å². The molecule has 0 radical (unpaired) electrons. The summed E-state index contributed by atoms with van der Waals surface area (Å²) < 4.78 is 11.0. The van der Waals surface area contributed by atoms with Crippen molar-refractivity contribution in [2.75, 3.05) is 0 Å². The number of hydrogen-bond donors (Lipinski definition) is 3. The lowest BCUT2D eigenvalue weighted by molar-refractivity contribution is -0.123. The zero-order chi connectivity index (χ0) is 25.3. The van der Waals surface area contributed by atoms with Gasteiger partial charge in [0, 0.05) is 28.9 Å². The van der Waals surface area contributed by atoms with Gasteiger partial charge in [0.1, 0.15) is 24.2 Å². The summed E-state index contributed by atoms with van der Waals surface area (Å²) >= 11 is 12.3. The van der Waals surface area contributed by atoms with Crippen LogP contribution in [0.1, 0.15) is 17.0 Å². The number of hydrazone groups is 1. The highest BCUT2D eigenvalue weighted by Gasteiger charge is 2.22. The number of nitrogens with one attached hydrogen (secondary N) is 3. The Morgan fingerprint density at radius 1 is 1.14 bits per heavy atom. The minimum atomic E-state index is -0.969. The smallest absolute Gasteiger partial charge is 0.408 e. The Bertz CT molecular complexity index is 1340. The molecule has 11 heteroatoms. The van der Waals surface area contributed by atoms with Crippen molar-refractivity contribution in [1.29, 1.82) is 0 Å². The summed E-state index contributed by atoms with van der Waals surface area (Å²) in [6.45, 7) is 0.0701. The standard InChI is InChI=1S/C25H21Cl2N5O4/c26-17-6-8-21(27)20(10-17)23-9-7-19(36-23)13-30-32-24(33)22(11-18-12-28-15-29-18)31-25(34)35-14-16-4-2-1-3-5-16/h1-10,12-13,15,22H,11,14H2,(H,28,29)(H,31,34)(H,32,33)/b30-13-/t22-/m1/s1. The van der Waals surface area contributed by atoms with Crippen LogP contribution in [0.25, 0.3) is 11.3 Å². The number of hydrogen-bond acceptors (Lipinski definition) is 6. The van der Waals surface area contributed by atoms with Crippen molar-refractivity contribution in [2.45, 2.75) is 19.1 Å². The van der Waals surface area contributed by atoms with Gasteiger partial charge in [-0.3, -0.25) is 4.79 Å². The number of halogens is 2. The largest absolute Gasteiger partial charge is 0.455 e. The van der Waals surface area contributed by atoms with E-state index in [1.807, 2.05) is 30.3 Å². The molecule has 0 aliphatic rings. The summed E-state index contributed by atoms with van der Waals surface area (Å²) in [6, 6.07) is 16.7. The number of alkyl carbamates (subject to hydrolysis) is 1. The van der Waals surface area contributed by atoms with Gasteiger partial charge in [0.05, 0.1) is 17.6 Å². The number of benzene rings is 2. The fourth-order valence-corrected chi connectivity index (χ4v) is 3.61. The highest BCUT2D eigenvalue weighted by Crippen LogP contribution is 2.31. The van der Waals surface area contributed by atoms with E-state index in [-0.39, 0.29) is 13.0 Å². The fourth-order valence-electron chi connectivity index (χ4n) is 3.22. The Morgan fingerprint density at radius 2 is 1.97 bits per heavy atom. The first-order valence-electron chi connectivity index (χ1n) is 10.8. The third-order valence-corrected chi connectivity index (χ3v) is 5.55. The van der Waals surface area contributed by atoms with E-state index in [2.05, 4.69) is 25.8 Å². The van der Waals surface area contributed by atoms with E-state index >= 15 is 0 Å². The summed E-state index contributed by atoms with van der Waals surface area (Å²) in [4.78, 5) is 32.0. The summed E-state index contributed by atoms with van der Waals surface area (Å²) in [5, 5.41) is 7.51. The molecule has 2 amide bonds. The molecule has 2 aromatic heterocycles. The van der Waals surface area contributed by atoms with E-state index in [0.717, 1.165) is 5.56 Å². The minimum absolute atomic E-state index is 0.0701. The molecule has 0 aliphatic heterocycles. The first-order chi connectivity index (χ1) is 17.5. The van der Waals surface area contributed by atoms with Crippen LogP contribution in [0.3, 0.4) is 0 Å². The average molecular weight is 526 g/mol. The Balaban J connectivity index is 1.37. The summed E-state index contributed by atoms with van der Waals surface area (Å²) in [6.07, 6.45) is 3.79. The second-order valence-corrected chi connectivity index (χ2v) is 8.44. The number of amides is 2. The summed E-state index contributed by atoms with van der Waals surface area (Å²) in [7, 11) is 0. The molecule has 36 heavy (non-hydrogen) atoms. The van der Waals surface area contributed by atoms with Gasteiger partial charge in [0.25, 0.3) is 5.91 Å². The number of ether oxygens (including phenoxy) is 1. The van der Waals surface area contributed by atoms with Crippen LogP contribution in [0.5, 0.6) is 0 Å². The number of carbonyl (C=O) groups is 2. The van der Waals surface area contributed by atoms with Crippen LogP contribution in [0, 0.1) is 0 Å². The van der Waals surface area contributed by atoms with Gasteiger partial charge in [-0.25, -0.2) is 15.2 Å². The highest BCUT2D eigenvalue weighted by atomic mass is 35.5. The van der Waals surface area contributed by atoms with Crippen LogP contribution in [-0.4, -0.2) is 34.2 Å². The maximum Gasteiger partial charge on any atom is 0.408 e. The van der Waals surface area contributed by atoms with Crippen molar-refractivity contribution in [2.24, 2.45) is 5.10 Å². The van der Waals surface area contributed by atoms with Gasteiger partial charge in [-0.2, -0.15) is 5.10 Å². The molecule has 0 saturated carbocycles. The molecule has 184 valence electrons. The SMILES string of the molecule is O=C(N[C@H](Cc1cnc[nH]1)C(=O)N/N=C\c1ccc(-c2cc(Cl)ccc2Cl)o1)OCc1ccccc1. The summed E-state index contributed by atoms with van der Waals surface area (Å²) in [5.74, 6) is 0.319. The van der Waals surface area contributed by atoms with E-state index in [9.17, 15) is 9.59 Å². The van der Waals surface area contributed by atoms with E-state index in [0.29, 0.717) is 32.8 Å². The first kappa shape index (κ1) is 25.0. The lowest BCUT2D eigenvalue weighted by Crippen LogP contribution is -2.47. The Morgan fingerprint density at radius 3 is 2.75 bits per heavy atom. The normalized spacial score (nSPS) is 11.8. The molecule has 1 atom stereocenters. The number of carbonyl (C=O) groups excluding carboxylic acids is 2. The molecule has 4 aromatic rings. The van der Waals surface area contributed by atoms with Gasteiger partial charge in [0.2, 0.25) is 0 Å². The summed E-state index contributed by atoms with van der Waals surface area (Å²) in [5.41, 5.74) is 4.51. The quantitative estimate of drug-likeness (QED) is 0.210. The molecule has 2 heterocycles. The van der Waals surface area contributed by atoms with Crippen molar-refractivity contribution in [3.63, 3.8) is 0 Å². The van der Waals surface area contributed by atoms with Crippen molar-refractivity contribution in [3.8, 4) is 11.3 Å². The van der Waals surface area contributed by atoms with Gasteiger partial charge < -0.3 is 19.5 Å². The van der Waals surface area contributed by atoms with Gasteiger partial charge in [-0.1, -0.05) is 53.5 Å². The lowest BCUT2D eigenvalue weighted by atomic mass is 10.1. The zero-order valence-corrected chi connectivity index (χ0v) is 20.3. The second kappa shape index (κ2) is 12.1. The molecule has 0 fully saturated rings. The Hall–Kier alpha value is -4.08. The second-order valence-electron chi connectivity index (χ2n) is 7.60. The third-order valence-electron chi connectivity index (χ3n) is 4.99. The number of nitrogens with zero attached hydrogens (tertiary/aromatic N) is 2. The number of H-pyrrole nitrogens is 1.